The first-order valence-corrected chi connectivity index (χ1v) is 13.0. The van der Waals surface area contributed by atoms with Crippen molar-refractivity contribution in [3.05, 3.63) is 65.7 Å². The van der Waals surface area contributed by atoms with Crippen LogP contribution in [0.25, 0.3) is 6.08 Å². The van der Waals surface area contributed by atoms with E-state index in [-0.39, 0.29) is 11.5 Å². The van der Waals surface area contributed by atoms with Crippen LogP contribution < -0.4 is 16.0 Å². The first kappa shape index (κ1) is 29.8. The van der Waals surface area contributed by atoms with Gasteiger partial charge < -0.3 is 36.2 Å². The van der Waals surface area contributed by atoms with Gasteiger partial charge >= 0.3 is 0 Å². The quantitative estimate of drug-likeness (QED) is 0.321. The minimum atomic E-state index is -0.670. The van der Waals surface area contributed by atoms with Crippen LogP contribution in [0.2, 0.25) is 0 Å². The molecule has 0 aliphatic carbocycles. The number of benzene rings is 2. The number of phenolic OH excluding ortho intramolecular Hbond substituents is 2. The summed E-state index contributed by atoms with van der Waals surface area (Å²) in [7, 11) is 1.73. The zero-order chi connectivity index (χ0) is 26.0. The minimum absolute atomic E-state index is 0.180. The van der Waals surface area contributed by atoms with Crippen LogP contribution in [0.5, 0.6) is 11.5 Å². The van der Waals surface area contributed by atoms with Gasteiger partial charge in [-0.15, -0.1) is 0 Å². The van der Waals surface area contributed by atoms with Gasteiger partial charge in [0.15, 0.2) is 11.5 Å². The van der Waals surface area contributed by atoms with Crippen molar-refractivity contribution in [3.8, 4) is 11.5 Å². The van der Waals surface area contributed by atoms with Gasteiger partial charge in [0.25, 0.3) is 0 Å². The number of aromatic hydroxyl groups is 2. The van der Waals surface area contributed by atoms with Crippen molar-refractivity contribution >= 4 is 6.08 Å². The molecule has 0 bridgehead atoms. The van der Waals surface area contributed by atoms with Gasteiger partial charge in [0.1, 0.15) is 0 Å². The highest BCUT2D eigenvalue weighted by Crippen LogP contribution is 2.27. The molecule has 6 N–H and O–H groups in total. The first-order chi connectivity index (χ1) is 17.5. The Morgan fingerprint density at radius 3 is 2.03 bits per heavy atom. The molecule has 0 radical (unpaired) electrons. The Kier molecular flexibility index (Phi) is 14.8. The Morgan fingerprint density at radius 2 is 1.50 bits per heavy atom. The van der Waals surface area contributed by atoms with Crippen LogP contribution >= 0.6 is 0 Å². The van der Waals surface area contributed by atoms with E-state index in [4.69, 9.17) is 10.2 Å². The number of hydrogen-bond acceptors (Lipinski definition) is 8. The lowest BCUT2D eigenvalue weighted by Gasteiger charge is -2.25. The average Bonchev–Trinajstić information content (AvgIpc) is 2.93. The number of aliphatic hydroxyl groups excluding tert-OH is 1. The van der Waals surface area contributed by atoms with E-state index in [0.717, 1.165) is 19.6 Å². The van der Waals surface area contributed by atoms with E-state index in [2.05, 4.69) is 69.1 Å². The molecule has 4 rings (SSSR count). The number of piperazine rings is 2. The number of nitrogens with zero attached hydrogens (tertiary/aromatic N) is 2. The molecule has 2 fully saturated rings. The van der Waals surface area contributed by atoms with E-state index in [1.54, 1.807) is 13.1 Å². The molecular weight excluding hydrogens is 454 g/mol. The molecule has 1 atom stereocenters. The summed E-state index contributed by atoms with van der Waals surface area (Å²) in [6.07, 6.45) is 3.78. The lowest BCUT2D eigenvalue weighted by Crippen LogP contribution is -2.43. The predicted molar refractivity (Wildman–Crippen MR) is 148 cm³/mol. The largest absolute Gasteiger partial charge is 0.504 e. The molecule has 2 saturated heterocycles. The Morgan fingerprint density at radius 1 is 0.889 bits per heavy atom. The van der Waals surface area contributed by atoms with Crippen molar-refractivity contribution in [2.24, 2.45) is 0 Å². The predicted octanol–water partition coefficient (Wildman–Crippen LogP) is 1.87. The second-order valence-corrected chi connectivity index (χ2v) is 8.87. The van der Waals surface area contributed by atoms with Crippen LogP contribution in [-0.2, 0) is 0 Å². The van der Waals surface area contributed by atoms with Crippen molar-refractivity contribution in [2.45, 2.75) is 13.0 Å². The summed E-state index contributed by atoms with van der Waals surface area (Å²) in [5.74, 6) is -0.395. The fourth-order valence-corrected chi connectivity index (χ4v) is 3.88. The van der Waals surface area contributed by atoms with Gasteiger partial charge in [-0.1, -0.05) is 55.5 Å². The Hall–Kier alpha value is -2.46. The van der Waals surface area contributed by atoms with Gasteiger partial charge in [-0.05, 0) is 36.9 Å². The molecule has 2 heterocycles. The van der Waals surface area contributed by atoms with E-state index in [1.807, 2.05) is 6.07 Å². The van der Waals surface area contributed by atoms with Gasteiger partial charge in [0.05, 0.1) is 6.10 Å². The molecule has 2 aromatic carbocycles. The molecule has 2 aliphatic rings. The maximum absolute atomic E-state index is 9.48. The normalized spacial score (nSPS) is 17.5. The van der Waals surface area contributed by atoms with E-state index in [0.29, 0.717) is 12.1 Å². The van der Waals surface area contributed by atoms with Crippen LogP contribution in [0, 0.1) is 0 Å². The van der Waals surface area contributed by atoms with Gasteiger partial charge in [0, 0.05) is 65.4 Å². The highest BCUT2D eigenvalue weighted by Gasteiger charge is 2.09. The van der Waals surface area contributed by atoms with Crippen molar-refractivity contribution in [1.82, 2.24) is 25.8 Å². The van der Waals surface area contributed by atoms with Crippen LogP contribution in [0.15, 0.2) is 54.6 Å². The van der Waals surface area contributed by atoms with Gasteiger partial charge in [0.2, 0.25) is 0 Å². The van der Waals surface area contributed by atoms with Crippen LogP contribution in [0.1, 0.15) is 24.2 Å². The van der Waals surface area contributed by atoms with Crippen molar-refractivity contribution in [3.63, 3.8) is 0 Å². The second kappa shape index (κ2) is 17.9. The smallest absolute Gasteiger partial charge is 0.157 e. The molecule has 8 nitrogen and oxygen atoms in total. The summed E-state index contributed by atoms with van der Waals surface area (Å²) >= 11 is 0. The summed E-state index contributed by atoms with van der Waals surface area (Å²) in [6.45, 7) is 14.3. The van der Waals surface area contributed by atoms with Crippen LogP contribution in [0.4, 0.5) is 0 Å². The van der Waals surface area contributed by atoms with Crippen molar-refractivity contribution in [2.75, 3.05) is 79.0 Å². The molecule has 200 valence electrons. The third kappa shape index (κ3) is 12.0. The van der Waals surface area contributed by atoms with Gasteiger partial charge in [-0.3, -0.25) is 4.90 Å². The van der Waals surface area contributed by atoms with Gasteiger partial charge in [-0.25, -0.2) is 0 Å². The molecule has 0 spiro atoms. The topological polar surface area (TPSA) is 103 Å². The molecule has 36 heavy (non-hydrogen) atoms. The SMILES string of the molecule is C(=C\c1ccccc1)/CN1CCNCC1.CCN1CCNCC1.CNCC(O)c1ccc(O)c(O)c1. The molecule has 0 amide bonds. The van der Waals surface area contributed by atoms with Crippen LogP contribution in [-0.4, -0.2) is 104 Å². The second-order valence-electron chi connectivity index (χ2n) is 8.87. The maximum Gasteiger partial charge on any atom is 0.157 e. The summed E-state index contributed by atoms with van der Waals surface area (Å²) in [5, 5.41) is 37.1. The highest BCUT2D eigenvalue weighted by atomic mass is 16.3. The van der Waals surface area contributed by atoms with Crippen molar-refractivity contribution in [1.29, 1.82) is 0 Å². The monoisotopic (exact) mass is 499 g/mol. The summed E-state index contributed by atoms with van der Waals surface area (Å²) in [5.41, 5.74) is 1.86. The number of nitrogens with one attached hydrogen (secondary N) is 3. The molecule has 0 aromatic heterocycles. The Bertz CT molecular complexity index is 854. The number of rotatable bonds is 7. The Balaban J connectivity index is 0.000000199. The zero-order valence-corrected chi connectivity index (χ0v) is 21.9. The number of aliphatic hydroxyl groups is 1. The fraction of sp³-hybridized carbons (Fsp3) is 0.500. The van der Waals surface area contributed by atoms with E-state index in [1.165, 1.54) is 63.5 Å². The molecule has 2 aliphatic heterocycles. The molecule has 8 heteroatoms. The molecule has 0 saturated carbocycles. The fourth-order valence-electron chi connectivity index (χ4n) is 3.88. The number of phenols is 2. The van der Waals surface area contributed by atoms with Gasteiger partial charge in [-0.2, -0.15) is 0 Å². The average molecular weight is 500 g/mol. The van der Waals surface area contributed by atoms with E-state index >= 15 is 0 Å². The molecular formula is C28H45N5O3. The molecule has 2 aromatic rings. The summed E-state index contributed by atoms with van der Waals surface area (Å²) in [4.78, 5) is 4.92. The molecule has 1 unspecified atom stereocenters. The third-order valence-electron chi connectivity index (χ3n) is 6.12. The summed E-state index contributed by atoms with van der Waals surface area (Å²) in [6, 6.07) is 14.7. The number of likely N-dealkylation sites (N-methyl/N-ethyl adjacent to an activating group) is 2. The standard InChI is InChI=1S/C13H18N2.C9H13NO3.C6H14N2/c1-2-5-13(6-3-1)7-4-10-15-11-8-14-9-12-15;1-10-5-9(13)6-2-3-7(11)8(12)4-6;1-2-8-5-3-7-4-6-8/h1-7,14H,8-12H2;2-4,9-13H,5H2,1H3;7H,2-6H2,1H3/b7-4+;;. The maximum atomic E-state index is 9.48. The first-order valence-electron chi connectivity index (χ1n) is 13.0. The minimum Gasteiger partial charge on any atom is -0.504 e. The highest BCUT2D eigenvalue weighted by molar-refractivity contribution is 5.48. The van der Waals surface area contributed by atoms with Crippen molar-refractivity contribution < 1.29 is 15.3 Å². The third-order valence-corrected chi connectivity index (χ3v) is 6.12. The Labute approximate surface area is 216 Å². The van der Waals surface area contributed by atoms with Crippen LogP contribution in [0.3, 0.4) is 0 Å². The van der Waals surface area contributed by atoms with E-state index in [9.17, 15) is 5.11 Å². The summed E-state index contributed by atoms with van der Waals surface area (Å²) < 4.78 is 0. The lowest BCUT2D eigenvalue weighted by atomic mass is 10.1. The zero-order valence-electron chi connectivity index (χ0n) is 21.9. The number of hydrogen-bond donors (Lipinski definition) is 6. The lowest BCUT2D eigenvalue weighted by molar-refractivity contribution is 0.177. The van der Waals surface area contributed by atoms with E-state index < -0.39 is 6.10 Å².